The first-order valence-corrected chi connectivity index (χ1v) is 8.55. The van der Waals surface area contributed by atoms with E-state index in [1.54, 1.807) is 6.07 Å². The Bertz CT molecular complexity index is 670. The number of hydrogen-bond acceptors (Lipinski definition) is 5. The zero-order valence-electron chi connectivity index (χ0n) is 14.1. The number of amides is 2. The Morgan fingerprint density at radius 1 is 1.12 bits per heavy atom. The molecule has 7 heteroatoms. The molecule has 1 aromatic carbocycles. The summed E-state index contributed by atoms with van der Waals surface area (Å²) in [5, 5.41) is 23.2. The number of urea groups is 1. The summed E-state index contributed by atoms with van der Waals surface area (Å²) in [6, 6.07) is 13.0. The minimum Gasteiger partial charge on any atom is -0.393 e. The zero-order chi connectivity index (χ0) is 17.5. The maximum absolute atomic E-state index is 11.9. The molecule has 0 unspecified atom stereocenters. The Labute approximate surface area is 147 Å². The number of hydrogen-bond donors (Lipinski definition) is 3. The first-order chi connectivity index (χ1) is 12.2. The molecule has 132 valence electrons. The largest absolute Gasteiger partial charge is 0.393 e. The molecule has 0 bridgehead atoms. The van der Waals surface area contributed by atoms with E-state index in [-0.39, 0.29) is 12.1 Å². The molecule has 2 aromatic rings. The molecule has 0 atom stereocenters. The Kier molecular flexibility index (Phi) is 5.92. The van der Waals surface area contributed by atoms with Crippen LogP contribution in [0, 0.1) is 0 Å². The summed E-state index contributed by atoms with van der Waals surface area (Å²) in [7, 11) is 0. The van der Waals surface area contributed by atoms with Crippen molar-refractivity contribution in [2.75, 3.05) is 31.5 Å². The van der Waals surface area contributed by atoms with Crippen LogP contribution in [-0.2, 0) is 0 Å². The zero-order valence-corrected chi connectivity index (χ0v) is 14.1. The summed E-state index contributed by atoms with van der Waals surface area (Å²) in [6.07, 6.45) is 1.43. The van der Waals surface area contributed by atoms with Gasteiger partial charge in [-0.15, -0.1) is 10.2 Å². The topological polar surface area (TPSA) is 90.4 Å². The number of aromatic nitrogens is 2. The van der Waals surface area contributed by atoms with Crippen LogP contribution in [0.1, 0.15) is 12.8 Å². The van der Waals surface area contributed by atoms with Crippen molar-refractivity contribution in [2.45, 2.75) is 18.9 Å². The molecule has 7 nitrogen and oxygen atoms in total. The number of aliphatic hydroxyl groups is 1. The van der Waals surface area contributed by atoms with Crippen molar-refractivity contribution >= 4 is 11.8 Å². The highest BCUT2D eigenvalue weighted by molar-refractivity contribution is 5.88. The maximum atomic E-state index is 11.9. The van der Waals surface area contributed by atoms with Gasteiger partial charge in [-0.2, -0.15) is 0 Å². The van der Waals surface area contributed by atoms with Crippen molar-refractivity contribution < 1.29 is 9.90 Å². The van der Waals surface area contributed by atoms with Gasteiger partial charge in [-0.1, -0.05) is 30.3 Å². The molecule has 0 aliphatic carbocycles. The lowest BCUT2D eigenvalue weighted by molar-refractivity contribution is 0.0833. The normalized spacial score (nSPS) is 15.7. The fourth-order valence-electron chi connectivity index (χ4n) is 2.79. The number of benzene rings is 1. The lowest BCUT2D eigenvalue weighted by atomic mass is 10.1. The molecule has 1 aliphatic heterocycles. The fourth-order valence-corrected chi connectivity index (χ4v) is 2.79. The molecule has 3 N–H and O–H groups in total. The van der Waals surface area contributed by atoms with E-state index in [4.69, 9.17) is 0 Å². The summed E-state index contributed by atoms with van der Waals surface area (Å²) in [6.45, 7) is 3.07. The van der Waals surface area contributed by atoms with Crippen LogP contribution in [0.4, 0.5) is 10.6 Å². The van der Waals surface area contributed by atoms with Gasteiger partial charge in [0.05, 0.1) is 11.8 Å². The summed E-state index contributed by atoms with van der Waals surface area (Å²) in [5.41, 5.74) is 1.75. The van der Waals surface area contributed by atoms with Gasteiger partial charge in [-0.3, -0.25) is 5.32 Å². The van der Waals surface area contributed by atoms with E-state index in [0.717, 1.165) is 43.7 Å². The second kappa shape index (κ2) is 8.55. The lowest BCUT2D eigenvalue weighted by Gasteiger charge is -2.29. The molecular formula is C18H23N5O2. The minimum absolute atomic E-state index is 0.176. The number of aliphatic hydroxyl groups excluding tert-OH is 1. The predicted molar refractivity (Wildman–Crippen MR) is 96.2 cm³/mol. The van der Waals surface area contributed by atoms with Gasteiger partial charge >= 0.3 is 6.03 Å². The number of nitrogens with one attached hydrogen (secondary N) is 2. The number of carbonyl (C=O) groups is 1. The molecule has 25 heavy (non-hydrogen) atoms. The Morgan fingerprint density at radius 2 is 1.88 bits per heavy atom. The van der Waals surface area contributed by atoms with Crippen LogP contribution >= 0.6 is 0 Å². The third-order valence-corrected chi connectivity index (χ3v) is 4.25. The van der Waals surface area contributed by atoms with Crippen LogP contribution in [0.2, 0.25) is 0 Å². The highest BCUT2D eigenvalue weighted by Crippen LogP contribution is 2.16. The van der Waals surface area contributed by atoms with Crippen LogP contribution in [0.25, 0.3) is 11.3 Å². The first-order valence-electron chi connectivity index (χ1n) is 8.55. The molecule has 0 saturated carbocycles. The second-order valence-corrected chi connectivity index (χ2v) is 6.12. The van der Waals surface area contributed by atoms with E-state index >= 15 is 0 Å². The first kappa shape index (κ1) is 17.3. The predicted octanol–water partition coefficient (Wildman–Crippen LogP) is 1.72. The number of piperidine rings is 1. The fraction of sp³-hybridized carbons (Fsp3) is 0.389. The van der Waals surface area contributed by atoms with Crippen LogP contribution in [0.15, 0.2) is 42.5 Å². The van der Waals surface area contributed by atoms with Crippen LogP contribution in [0.5, 0.6) is 0 Å². The van der Waals surface area contributed by atoms with E-state index in [1.165, 1.54) is 0 Å². The number of carbonyl (C=O) groups excluding carboxylic acids is 1. The highest BCUT2D eigenvalue weighted by atomic mass is 16.3. The minimum atomic E-state index is -0.293. The van der Waals surface area contributed by atoms with Crippen molar-refractivity contribution in [2.24, 2.45) is 0 Å². The van der Waals surface area contributed by atoms with Gasteiger partial charge in [0.2, 0.25) is 0 Å². The third-order valence-electron chi connectivity index (χ3n) is 4.25. The number of anilines is 1. The van der Waals surface area contributed by atoms with Crippen LogP contribution in [-0.4, -0.2) is 58.5 Å². The molecule has 1 aromatic heterocycles. The quantitative estimate of drug-likeness (QED) is 0.770. The molecule has 1 fully saturated rings. The molecule has 2 heterocycles. The monoisotopic (exact) mass is 341 g/mol. The van der Waals surface area contributed by atoms with Gasteiger partial charge in [-0.05, 0) is 25.0 Å². The van der Waals surface area contributed by atoms with E-state index in [2.05, 4.69) is 25.7 Å². The average molecular weight is 341 g/mol. The van der Waals surface area contributed by atoms with Crippen molar-refractivity contribution in [1.29, 1.82) is 0 Å². The molecule has 3 rings (SSSR count). The van der Waals surface area contributed by atoms with E-state index in [9.17, 15) is 9.90 Å². The van der Waals surface area contributed by atoms with Crippen molar-refractivity contribution in [3.05, 3.63) is 42.5 Å². The van der Waals surface area contributed by atoms with Gasteiger partial charge in [0.15, 0.2) is 5.82 Å². The Morgan fingerprint density at radius 3 is 2.56 bits per heavy atom. The van der Waals surface area contributed by atoms with Gasteiger partial charge in [0.1, 0.15) is 0 Å². The van der Waals surface area contributed by atoms with Crippen molar-refractivity contribution in [3.8, 4) is 11.3 Å². The van der Waals surface area contributed by atoms with Crippen molar-refractivity contribution in [3.63, 3.8) is 0 Å². The standard InChI is InChI=1S/C18H23N5O2/c24-15-8-11-23(12-9-15)13-10-19-18(25)20-17-7-6-16(21-22-17)14-4-2-1-3-5-14/h1-7,15,24H,8-13H2,(H2,19,20,22,25). The maximum Gasteiger partial charge on any atom is 0.320 e. The smallest absolute Gasteiger partial charge is 0.320 e. The van der Waals surface area contributed by atoms with Gasteiger partial charge < -0.3 is 15.3 Å². The van der Waals surface area contributed by atoms with Crippen molar-refractivity contribution in [1.82, 2.24) is 20.4 Å². The summed E-state index contributed by atoms with van der Waals surface area (Å²) in [5.74, 6) is 0.415. The number of nitrogens with zero attached hydrogens (tertiary/aromatic N) is 3. The third kappa shape index (κ3) is 5.23. The Balaban J connectivity index is 1.42. The molecule has 0 spiro atoms. The molecule has 1 saturated heterocycles. The van der Waals surface area contributed by atoms with Crippen LogP contribution in [0.3, 0.4) is 0 Å². The molecule has 1 aliphatic rings. The lowest BCUT2D eigenvalue weighted by Crippen LogP contribution is -2.41. The number of likely N-dealkylation sites (tertiary alicyclic amines) is 1. The molecular weight excluding hydrogens is 318 g/mol. The molecule has 2 amide bonds. The van der Waals surface area contributed by atoms with E-state index in [0.29, 0.717) is 12.4 Å². The highest BCUT2D eigenvalue weighted by Gasteiger charge is 2.16. The average Bonchev–Trinajstić information content (AvgIpc) is 2.65. The van der Waals surface area contributed by atoms with Gasteiger partial charge in [-0.25, -0.2) is 4.79 Å². The summed E-state index contributed by atoms with van der Waals surface area (Å²) < 4.78 is 0. The second-order valence-electron chi connectivity index (χ2n) is 6.12. The van der Waals surface area contributed by atoms with Crippen LogP contribution < -0.4 is 10.6 Å². The van der Waals surface area contributed by atoms with E-state index in [1.807, 2.05) is 36.4 Å². The Hall–Kier alpha value is -2.51. The summed E-state index contributed by atoms with van der Waals surface area (Å²) >= 11 is 0. The molecule has 0 radical (unpaired) electrons. The number of rotatable bonds is 5. The van der Waals surface area contributed by atoms with Gasteiger partial charge in [0.25, 0.3) is 0 Å². The summed E-state index contributed by atoms with van der Waals surface area (Å²) in [4.78, 5) is 14.2. The van der Waals surface area contributed by atoms with Gasteiger partial charge in [0, 0.05) is 31.7 Å². The SMILES string of the molecule is O=C(NCCN1CCC(O)CC1)Nc1ccc(-c2ccccc2)nn1. The van der Waals surface area contributed by atoms with E-state index < -0.39 is 0 Å².